The standard InChI is InChI=1S/C16H18ClN3O4/c1-2-12-15(22)20-8-10(7-13(20)14(21)19-12)18-16(23)24-11-5-3-9(17)4-6-11/h3-6,10,12-13H,2,7-8H2,1H3,(H,18,23)(H,19,21)/t10-,12-,13-/m0/s1. The fourth-order valence-corrected chi connectivity index (χ4v) is 3.17. The van der Waals surface area contributed by atoms with E-state index in [1.165, 1.54) is 0 Å². The summed E-state index contributed by atoms with van der Waals surface area (Å²) in [5.74, 6) is 0.0989. The molecule has 1 aromatic carbocycles. The highest BCUT2D eigenvalue weighted by Crippen LogP contribution is 2.24. The SMILES string of the molecule is CC[C@@H]1NC(=O)[C@@H]2C[C@H](NC(=O)Oc3ccc(Cl)cc3)CN2C1=O. The molecule has 2 fully saturated rings. The van der Waals surface area contributed by atoms with Crippen molar-refractivity contribution in [3.63, 3.8) is 0 Å². The number of ether oxygens (including phenoxy) is 1. The number of halogens is 1. The lowest BCUT2D eigenvalue weighted by Crippen LogP contribution is -2.60. The van der Waals surface area contributed by atoms with Crippen LogP contribution in [0.25, 0.3) is 0 Å². The van der Waals surface area contributed by atoms with E-state index in [0.29, 0.717) is 30.2 Å². The fraction of sp³-hybridized carbons (Fsp3) is 0.438. The molecule has 0 aliphatic carbocycles. The molecular weight excluding hydrogens is 334 g/mol. The Balaban J connectivity index is 1.59. The molecule has 0 aromatic heterocycles. The number of piperazine rings is 1. The summed E-state index contributed by atoms with van der Waals surface area (Å²) in [4.78, 5) is 37.9. The molecule has 7 nitrogen and oxygen atoms in total. The number of hydrogen-bond acceptors (Lipinski definition) is 4. The Kier molecular flexibility index (Phi) is 4.62. The topological polar surface area (TPSA) is 87.7 Å². The van der Waals surface area contributed by atoms with Gasteiger partial charge < -0.3 is 20.3 Å². The summed E-state index contributed by atoms with van der Waals surface area (Å²) in [6.45, 7) is 2.15. The number of amides is 3. The molecule has 2 aliphatic heterocycles. The van der Waals surface area contributed by atoms with Gasteiger partial charge in [0.15, 0.2) is 0 Å². The normalized spacial score (nSPS) is 25.9. The van der Waals surface area contributed by atoms with Crippen LogP contribution in [0.3, 0.4) is 0 Å². The first-order chi connectivity index (χ1) is 11.5. The molecule has 2 N–H and O–H groups in total. The number of fused-ring (bicyclic) bond motifs is 1. The second-order valence-corrected chi connectivity index (χ2v) is 6.33. The number of nitrogens with one attached hydrogen (secondary N) is 2. The summed E-state index contributed by atoms with van der Waals surface area (Å²) in [6, 6.07) is 5.09. The van der Waals surface area contributed by atoms with Crippen LogP contribution >= 0.6 is 11.6 Å². The molecule has 2 saturated heterocycles. The number of benzene rings is 1. The predicted molar refractivity (Wildman–Crippen MR) is 86.7 cm³/mol. The number of carbonyl (C=O) groups excluding carboxylic acids is 3. The van der Waals surface area contributed by atoms with Gasteiger partial charge in [-0.3, -0.25) is 9.59 Å². The van der Waals surface area contributed by atoms with E-state index in [9.17, 15) is 14.4 Å². The van der Waals surface area contributed by atoms with Crippen molar-refractivity contribution < 1.29 is 19.1 Å². The van der Waals surface area contributed by atoms with Crippen LogP contribution in [-0.4, -0.2) is 47.5 Å². The second-order valence-electron chi connectivity index (χ2n) is 5.90. The summed E-state index contributed by atoms with van der Waals surface area (Å²) < 4.78 is 5.17. The first kappa shape index (κ1) is 16.6. The van der Waals surface area contributed by atoms with Gasteiger partial charge in [0.2, 0.25) is 11.8 Å². The monoisotopic (exact) mass is 351 g/mol. The van der Waals surface area contributed by atoms with E-state index in [1.54, 1.807) is 29.2 Å². The van der Waals surface area contributed by atoms with Crippen LogP contribution in [0.4, 0.5) is 4.79 Å². The highest BCUT2D eigenvalue weighted by atomic mass is 35.5. The Bertz CT molecular complexity index is 664. The maximum Gasteiger partial charge on any atom is 0.412 e. The predicted octanol–water partition coefficient (Wildman–Crippen LogP) is 1.31. The van der Waals surface area contributed by atoms with E-state index >= 15 is 0 Å². The smallest absolute Gasteiger partial charge is 0.410 e. The third kappa shape index (κ3) is 3.31. The summed E-state index contributed by atoms with van der Waals surface area (Å²) in [5, 5.41) is 5.97. The van der Waals surface area contributed by atoms with Gasteiger partial charge in [-0.1, -0.05) is 18.5 Å². The summed E-state index contributed by atoms with van der Waals surface area (Å²) in [6.07, 6.45) is 0.302. The third-order valence-corrected chi connectivity index (χ3v) is 4.51. The lowest BCUT2D eigenvalue weighted by molar-refractivity contribution is -0.147. The minimum Gasteiger partial charge on any atom is -0.410 e. The van der Waals surface area contributed by atoms with Crippen molar-refractivity contribution in [2.45, 2.75) is 37.9 Å². The molecular formula is C16H18ClN3O4. The second kappa shape index (κ2) is 6.68. The summed E-state index contributed by atoms with van der Waals surface area (Å²) in [7, 11) is 0. The lowest BCUT2D eigenvalue weighted by Gasteiger charge is -2.33. The van der Waals surface area contributed by atoms with Gasteiger partial charge in [0.05, 0.1) is 6.04 Å². The average molecular weight is 352 g/mol. The molecule has 0 radical (unpaired) electrons. The van der Waals surface area contributed by atoms with Crippen LogP contribution in [0, 0.1) is 0 Å². The van der Waals surface area contributed by atoms with Crippen LogP contribution in [0.2, 0.25) is 5.02 Å². The van der Waals surface area contributed by atoms with Gasteiger partial charge >= 0.3 is 6.09 Å². The van der Waals surface area contributed by atoms with Crippen LogP contribution in [0.5, 0.6) is 5.75 Å². The van der Waals surface area contributed by atoms with Gasteiger partial charge in [-0.2, -0.15) is 0 Å². The van der Waals surface area contributed by atoms with E-state index in [2.05, 4.69) is 10.6 Å². The number of rotatable bonds is 3. The Labute approximate surface area is 144 Å². The van der Waals surface area contributed by atoms with Gasteiger partial charge in [0.25, 0.3) is 0 Å². The molecule has 8 heteroatoms. The van der Waals surface area contributed by atoms with Gasteiger partial charge in [-0.15, -0.1) is 0 Å². The average Bonchev–Trinajstić information content (AvgIpc) is 2.97. The molecule has 3 rings (SSSR count). The van der Waals surface area contributed by atoms with Crippen LogP contribution < -0.4 is 15.4 Å². The maximum absolute atomic E-state index is 12.3. The highest BCUT2D eigenvalue weighted by Gasteiger charge is 2.46. The minimum absolute atomic E-state index is 0.0996. The fourth-order valence-electron chi connectivity index (χ4n) is 3.04. The van der Waals surface area contributed by atoms with E-state index in [-0.39, 0.29) is 17.9 Å². The Morgan fingerprint density at radius 1 is 1.38 bits per heavy atom. The number of nitrogens with zero attached hydrogens (tertiary/aromatic N) is 1. The van der Waals surface area contributed by atoms with Crippen LogP contribution in [0.15, 0.2) is 24.3 Å². The molecule has 1 aromatic rings. The van der Waals surface area contributed by atoms with Gasteiger partial charge in [-0.05, 0) is 37.1 Å². The largest absolute Gasteiger partial charge is 0.412 e. The molecule has 0 bridgehead atoms. The zero-order valence-electron chi connectivity index (χ0n) is 13.1. The molecule has 0 unspecified atom stereocenters. The first-order valence-electron chi connectivity index (χ1n) is 7.82. The third-order valence-electron chi connectivity index (χ3n) is 4.26. The zero-order valence-corrected chi connectivity index (χ0v) is 13.9. The van der Waals surface area contributed by atoms with Crippen molar-refractivity contribution >= 4 is 29.5 Å². The molecule has 128 valence electrons. The highest BCUT2D eigenvalue weighted by molar-refractivity contribution is 6.30. The molecule has 24 heavy (non-hydrogen) atoms. The van der Waals surface area contributed by atoms with Crippen molar-refractivity contribution in [1.29, 1.82) is 0 Å². The van der Waals surface area contributed by atoms with Crippen molar-refractivity contribution in [3.8, 4) is 5.75 Å². The molecule has 2 heterocycles. The molecule has 0 saturated carbocycles. The quantitative estimate of drug-likeness (QED) is 0.859. The van der Waals surface area contributed by atoms with Crippen LogP contribution in [-0.2, 0) is 9.59 Å². The van der Waals surface area contributed by atoms with E-state index in [4.69, 9.17) is 16.3 Å². The molecule has 3 atom stereocenters. The Morgan fingerprint density at radius 2 is 2.08 bits per heavy atom. The van der Waals surface area contributed by atoms with Gasteiger partial charge in [0, 0.05) is 11.6 Å². The molecule has 2 aliphatic rings. The summed E-state index contributed by atoms with van der Waals surface area (Å²) in [5.41, 5.74) is 0. The van der Waals surface area contributed by atoms with Gasteiger partial charge in [-0.25, -0.2) is 4.79 Å². The van der Waals surface area contributed by atoms with Crippen LogP contribution in [0.1, 0.15) is 19.8 Å². The van der Waals surface area contributed by atoms with Gasteiger partial charge in [0.1, 0.15) is 17.8 Å². The number of hydrogen-bond donors (Lipinski definition) is 2. The zero-order chi connectivity index (χ0) is 17.3. The maximum atomic E-state index is 12.3. The van der Waals surface area contributed by atoms with Crippen molar-refractivity contribution in [2.75, 3.05) is 6.54 Å². The lowest BCUT2D eigenvalue weighted by atomic mass is 10.1. The molecule has 0 spiro atoms. The number of carbonyl (C=O) groups is 3. The Hall–Kier alpha value is -2.28. The summed E-state index contributed by atoms with van der Waals surface area (Å²) >= 11 is 5.78. The van der Waals surface area contributed by atoms with Crippen molar-refractivity contribution in [2.24, 2.45) is 0 Å². The van der Waals surface area contributed by atoms with Crippen molar-refractivity contribution in [3.05, 3.63) is 29.3 Å². The minimum atomic E-state index is -0.623. The van der Waals surface area contributed by atoms with E-state index in [1.807, 2.05) is 6.92 Å². The van der Waals surface area contributed by atoms with E-state index in [0.717, 1.165) is 0 Å². The Morgan fingerprint density at radius 3 is 2.75 bits per heavy atom. The first-order valence-corrected chi connectivity index (χ1v) is 8.20. The van der Waals surface area contributed by atoms with E-state index < -0.39 is 18.2 Å². The van der Waals surface area contributed by atoms with Crippen molar-refractivity contribution in [1.82, 2.24) is 15.5 Å². The molecule has 3 amide bonds.